The highest BCUT2D eigenvalue weighted by Crippen LogP contribution is 2.36. The summed E-state index contributed by atoms with van der Waals surface area (Å²) in [4.78, 5) is 18.7. The molecule has 1 aromatic heterocycles. The van der Waals surface area contributed by atoms with Crippen LogP contribution in [0.15, 0.2) is 35.1 Å². The van der Waals surface area contributed by atoms with E-state index >= 15 is 0 Å². The van der Waals surface area contributed by atoms with E-state index in [-0.39, 0.29) is 17.3 Å². The van der Waals surface area contributed by atoms with Crippen molar-refractivity contribution in [1.29, 1.82) is 0 Å². The number of halogens is 3. The van der Waals surface area contributed by atoms with Crippen LogP contribution in [-0.4, -0.2) is 9.97 Å². The lowest BCUT2D eigenvalue weighted by Crippen LogP contribution is -2.16. The van der Waals surface area contributed by atoms with Crippen LogP contribution in [0.3, 0.4) is 0 Å². The Morgan fingerprint density at radius 3 is 2.48 bits per heavy atom. The predicted molar refractivity (Wildman–Crippen MR) is 81.1 cm³/mol. The van der Waals surface area contributed by atoms with Crippen molar-refractivity contribution in [3.05, 3.63) is 51.9 Å². The van der Waals surface area contributed by atoms with Crippen molar-refractivity contribution in [2.24, 2.45) is 0 Å². The van der Waals surface area contributed by atoms with Crippen molar-refractivity contribution < 1.29 is 13.2 Å². The van der Waals surface area contributed by atoms with E-state index in [1.807, 2.05) is 0 Å². The van der Waals surface area contributed by atoms with Crippen molar-refractivity contribution in [3.8, 4) is 11.4 Å². The Kier molecular flexibility index (Phi) is 4.24. The lowest BCUT2D eigenvalue weighted by molar-refractivity contribution is -0.137. The predicted octanol–water partition coefficient (Wildman–Crippen LogP) is 4.50. The topological polar surface area (TPSA) is 45.8 Å². The van der Waals surface area contributed by atoms with Gasteiger partial charge in [-0.2, -0.15) is 13.2 Å². The Hall–Kier alpha value is -2.11. The van der Waals surface area contributed by atoms with Gasteiger partial charge >= 0.3 is 6.18 Å². The molecule has 1 saturated carbocycles. The van der Waals surface area contributed by atoms with Crippen molar-refractivity contribution >= 4 is 0 Å². The Morgan fingerprint density at radius 1 is 1.09 bits per heavy atom. The van der Waals surface area contributed by atoms with E-state index in [1.54, 1.807) is 0 Å². The Bertz CT molecular complexity index is 746. The average Bonchev–Trinajstić information content (AvgIpc) is 2.54. The molecule has 0 saturated heterocycles. The van der Waals surface area contributed by atoms with E-state index in [4.69, 9.17) is 0 Å². The third-order valence-electron chi connectivity index (χ3n) is 4.27. The fraction of sp³-hybridized carbons (Fsp3) is 0.412. The number of aromatic amines is 1. The molecular formula is C17H17F3N2O. The van der Waals surface area contributed by atoms with Crippen molar-refractivity contribution in [2.45, 2.75) is 44.2 Å². The first kappa shape index (κ1) is 15.8. The molecule has 0 atom stereocenters. The molecule has 0 amide bonds. The van der Waals surface area contributed by atoms with E-state index in [9.17, 15) is 18.0 Å². The highest BCUT2D eigenvalue weighted by molar-refractivity contribution is 5.61. The summed E-state index contributed by atoms with van der Waals surface area (Å²) >= 11 is 0. The fourth-order valence-corrected chi connectivity index (χ4v) is 3.15. The lowest BCUT2D eigenvalue weighted by Gasteiger charge is -2.21. The molecule has 3 rings (SSSR count). The first-order chi connectivity index (χ1) is 10.9. The number of aromatic nitrogens is 2. The maximum atomic E-state index is 13.2. The minimum Gasteiger partial charge on any atom is -0.307 e. The van der Waals surface area contributed by atoms with E-state index in [1.165, 1.54) is 24.3 Å². The molecule has 6 heteroatoms. The third-order valence-corrected chi connectivity index (χ3v) is 4.27. The van der Waals surface area contributed by atoms with Crippen LogP contribution in [0.5, 0.6) is 0 Å². The average molecular weight is 322 g/mol. The monoisotopic (exact) mass is 322 g/mol. The van der Waals surface area contributed by atoms with E-state index in [0.717, 1.165) is 38.2 Å². The maximum Gasteiger partial charge on any atom is 0.417 e. The van der Waals surface area contributed by atoms with Gasteiger partial charge in [0.15, 0.2) is 0 Å². The van der Waals surface area contributed by atoms with Gasteiger partial charge in [-0.3, -0.25) is 4.79 Å². The summed E-state index contributed by atoms with van der Waals surface area (Å²) in [5.74, 6) is 0.147. The second-order valence-corrected chi connectivity index (χ2v) is 5.90. The SMILES string of the molecule is O=c1cc(C2CCCCC2)nc(-c2ccccc2C(F)(F)F)[nH]1. The molecule has 1 aliphatic carbocycles. The molecule has 1 heterocycles. The second-order valence-electron chi connectivity index (χ2n) is 5.90. The summed E-state index contributed by atoms with van der Waals surface area (Å²) in [5, 5.41) is 0. The minimum atomic E-state index is -4.49. The summed E-state index contributed by atoms with van der Waals surface area (Å²) < 4.78 is 39.5. The first-order valence-electron chi connectivity index (χ1n) is 7.73. The smallest absolute Gasteiger partial charge is 0.307 e. The maximum absolute atomic E-state index is 13.2. The van der Waals surface area contributed by atoms with Gasteiger partial charge in [0, 0.05) is 17.5 Å². The van der Waals surface area contributed by atoms with Crippen LogP contribution in [0, 0.1) is 0 Å². The highest BCUT2D eigenvalue weighted by Gasteiger charge is 2.34. The van der Waals surface area contributed by atoms with Crippen LogP contribution >= 0.6 is 0 Å². The van der Waals surface area contributed by atoms with Gasteiger partial charge in [-0.25, -0.2) is 4.98 Å². The zero-order valence-electron chi connectivity index (χ0n) is 12.5. The highest BCUT2D eigenvalue weighted by atomic mass is 19.4. The quantitative estimate of drug-likeness (QED) is 0.884. The van der Waals surface area contributed by atoms with Crippen LogP contribution in [0.2, 0.25) is 0 Å². The molecule has 1 aromatic carbocycles. The van der Waals surface area contributed by atoms with Crippen LogP contribution in [0.25, 0.3) is 11.4 Å². The van der Waals surface area contributed by atoms with Crippen LogP contribution in [0.4, 0.5) is 13.2 Å². The standard InChI is InChI=1S/C17H17F3N2O/c18-17(19,20)13-9-5-4-8-12(13)16-21-14(10-15(23)22-16)11-6-2-1-3-7-11/h4-5,8-11H,1-3,6-7H2,(H,21,22,23). The number of rotatable bonds is 2. The summed E-state index contributed by atoms with van der Waals surface area (Å²) in [6.07, 6.45) is 0.647. The summed E-state index contributed by atoms with van der Waals surface area (Å²) in [5.41, 5.74) is -0.688. The van der Waals surface area contributed by atoms with Crippen molar-refractivity contribution in [3.63, 3.8) is 0 Å². The van der Waals surface area contributed by atoms with Gasteiger partial charge < -0.3 is 4.98 Å². The number of benzene rings is 1. The fourth-order valence-electron chi connectivity index (χ4n) is 3.15. The largest absolute Gasteiger partial charge is 0.417 e. The molecule has 0 spiro atoms. The first-order valence-corrected chi connectivity index (χ1v) is 7.73. The molecule has 1 aliphatic rings. The second kappa shape index (κ2) is 6.18. The molecule has 3 nitrogen and oxygen atoms in total. The van der Waals surface area contributed by atoms with Gasteiger partial charge in [0.2, 0.25) is 0 Å². The molecule has 2 aromatic rings. The van der Waals surface area contributed by atoms with E-state index < -0.39 is 17.3 Å². The Balaban J connectivity index is 2.07. The van der Waals surface area contributed by atoms with Gasteiger partial charge in [-0.15, -0.1) is 0 Å². The van der Waals surface area contributed by atoms with E-state index in [0.29, 0.717) is 5.69 Å². The molecule has 0 bridgehead atoms. The zero-order valence-corrected chi connectivity index (χ0v) is 12.5. The van der Waals surface area contributed by atoms with Gasteiger partial charge in [-0.1, -0.05) is 37.5 Å². The molecule has 0 unspecified atom stereocenters. The number of alkyl halides is 3. The molecule has 23 heavy (non-hydrogen) atoms. The molecule has 1 fully saturated rings. The van der Waals surface area contributed by atoms with Gasteiger partial charge in [0.25, 0.3) is 5.56 Å². The number of nitrogens with one attached hydrogen (secondary N) is 1. The van der Waals surface area contributed by atoms with Gasteiger partial charge in [0.1, 0.15) is 5.82 Å². The number of hydrogen-bond acceptors (Lipinski definition) is 2. The van der Waals surface area contributed by atoms with Crippen LogP contribution in [-0.2, 0) is 6.18 Å². The molecule has 0 aliphatic heterocycles. The van der Waals surface area contributed by atoms with Crippen molar-refractivity contribution in [2.75, 3.05) is 0 Å². The summed E-state index contributed by atoms with van der Waals surface area (Å²) in [6, 6.07) is 6.59. The van der Waals surface area contributed by atoms with E-state index in [2.05, 4.69) is 9.97 Å². The van der Waals surface area contributed by atoms with Gasteiger partial charge in [-0.05, 0) is 18.9 Å². The normalized spacial score (nSPS) is 16.5. The molecule has 1 N–H and O–H groups in total. The Morgan fingerprint density at radius 2 is 1.78 bits per heavy atom. The van der Waals surface area contributed by atoms with Crippen molar-refractivity contribution in [1.82, 2.24) is 9.97 Å². The lowest BCUT2D eigenvalue weighted by atomic mass is 9.87. The third kappa shape index (κ3) is 3.46. The van der Waals surface area contributed by atoms with Gasteiger partial charge in [0.05, 0.1) is 11.3 Å². The molecule has 122 valence electrons. The molecular weight excluding hydrogens is 305 g/mol. The van der Waals surface area contributed by atoms with Crippen LogP contribution < -0.4 is 5.56 Å². The molecule has 0 radical (unpaired) electrons. The Labute approximate surface area is 131 Å². The number of H-pyrrole nitrogens is 1. The summed E-state index contributed by atoms with van der Waals surface area (Å²) in [7, 11) is 0. The minimum absolute atomic E-state index is 0.00833. The zero-order chi connectivity index (χ0) is 16.4. The number of nitrogens with zero attached hydrogens (tertiary/aromatic N) is 1. The number of hydrogen-bond donors (Lipinski definition) is 1. The van der Waals surface area contributed by atoms with Crippen LogP contribution in [0.1, 0.15) is 49.3 Å². The summed E-state index contributed by atoms with van der Waals surface area (Å²) in [6.45, 7) is 0.